The van der Waals surface area contributed by atoms with Gasteiger partial charge in [0.25, 0.3) is 0 Å². The Bertz CT molecular complexity index is 833. The van der Waals surface area contributed by atoms with Gasteiger partial charge >= 0.3 is 0 Å². The fraction of sp³-hybridized carbons (Fsp3) is 0.429. The lowest BCUT2D eigenvalue weighted by molar-refractivity contribution is -0.126. The Hall–Kier alpha value is -2.31. The monoisotopic (exact) mass is 401 g/mol. The van der Waals surface area contributed by atoms with E-state index in [1.165, 1.54) is 0 Å². The summed E-state index contributed by atoms with van der Waals surface area (Å²) < 4.78 is 5.60. The molecule has 0 bridgehead atoms. The van der Waals surface area contributed by atoms with Crippen molar-refractivity contribution in [2.45, 2.75) is 25.3 Å². The zero-order valence-corrected chi connectivity index (χ0v) is 16.4. The van der Waals surface area contributed by atoms with Crippen molar-refractivity contribution in [2.75, 3.05) is 31.1 Å². The van der Waals surface area contributed by atoms with Gasteiger partial charge in [0.2, 0.25) is 11.8 Å². The summed E-state index contributed by atoms with van der Waals surface area (Å²) >= 11 is 6.03. The van der Waals surface area contributed by atoms with Crippen molar-refractivity contribution in [3.63, 3.8) is 0 Å². The second-order valence-electron chi connectivity index (χ2n) is 7.40. The molecule has 148 valence electrons. The number of carbonyl (C=O) groups is 2. The van der Waals surface area contributed by atoms with Crippen LogP contribution in [0.25, 0.3) is 0 Å². The first-order valence-electron chi connectivity index (χ1n) is 9.73. The molecule has 7 heteroatoms. The molecule has 2 aliphatic rings. The fourth-order valence-electron chi connectivity index (χ4n) is 4.06. The first kappa shape index (κ1) is 19.0. The number of hydrogen-bond acceptors (Lipinski definition) is 4. The van der Waals surface area contributed by atoms with Gasteiger partial charge in [-0.3, -0.25) is 14.5 Å². The molecule has 2 unspecified atom stereocenters. The number of hydrogen-bond donors (Lipinski definition) is 1. The van der Waals surface area contributed by atoms with Crippen LogP contribution in [-0.2, 0) is 9.59 Å². The Morgan fingerprint density at radius 3 is 2.79 bits per heavy atom. The van der Waals surface area contributed by atoms with Gasteiger partial charge < -0.3 is 14.6 Å². The Morgan fingerprint density at radius 1 is 1.25 bits per heavy atom. The third kappa shape index (κ3) is 4.08. The van der Waals surface area contributed by atoms with E-state index in [9.17, 15) is 9.59 Å². The minimum absolute atomic E-state index is 0.0302. The van der Waals surface area contributed by atoms with Crippen LogP contribution in [0.4, 0.5) is 5.69 Å². The molecule has 0 radical (unpaired) electrons. The van der Waals surface area contributed by atoms with E-state index >= 15 is 0 Å². The molecule has 3 heterocycles. The van der Waals surface area contributed by atoms with Gasteiger partial charge in [0.1, 0.15) is 5.76 Å². The minimum atomic E-state index is -0.359. The van der Waals surface area contributed by atoms with Crippen LogP contribution in [0.5, 0.6) is 0 Å². The van der Waals surface area contributed by atoms with E-state index in [1.54, 1.807) is 23.3 Å². The summed E-state index contributed by atoms with van der Waals surface area (Å²) in [5.41, 5.74) is 0.735. The molecular formula is C21H24ClN3O3. The SMILES string of the molecule is O=C(NCC(c1ccco1)N1CCCC1)C1CC(=O)N(c2cccc(Cl)c2)C1. The summed E-state index contributed by atoms with van der Waals surface area (Å²) in [5.74, 6) is 0.366. The highest BCUT2D eigenvalue weighted by atomic mass is 35.5. The van der Waals surface area contributed by atoms with Crippen LogP contribution in [0.2, 0.25) is 5.02 Å². The summed E-state index contributed by atoms with van der Waals surface area (Å²) in [6.45, 7) is 2.87. The second kappa shape index (κ2) is 8.37. The molecule has 2 aliphatic heterocycles. The normalized spacial score (nSPS) is 21.2. The molecule has 0 aliphatic carbocycles. The van der Waals surface area contributed by atoms with Gasteiger partial charge in [-0.1, -0.05) is 17.7 Å². The quantitative estimate of drug-likeness (QED) is 0.807. The van der Waals surface area contributed by atoms with Crippen molar-refractivity contribution >= 4 is 29.1 Å². The van der Waals surface area contributed by atoms with Gasteiger partial charge in [-0.25, -0.2) is 0 Å². The van der Waals surface area contributed by atoms with Crippen LogP contribution < -0.4 is 10.2 Å². The predicted octanol–water partition coefficient (Wildman–Crippen LogP) is 3.24. The van der Waals surface area contributed by atoms with Gasteiger partial charge in [0.15, 0.2) is 0 Å². The smallest absolute Gasteiger partial charge is 0.227 e. The lowest BCUT2D eigenvalue weighted by Gasteiger charge is -2.26. The molecule has 1 N–H and O–H groups in total. The van der Waals surface area contributed by atoms with Crippen molar-refractivity contribution in [1.82, 2.24) is 10.2 Å². The molecule has 1 aromatic heterocycles. The third-order valence-electron chi connectivity index (χ3n) is 5.54. The van der Waals surface area contributed by atoms with E-state index in [-0.39, 0.29) is 30.2 Å². The Morgan fingerprint density at radius 2 is 2.07 bits per heavy atom. The van der Waals surface area contributed by atoms with Crippen molar-refractivity contribution in [3.8, 4) is 0 Å². The molecule has 4 rings (SSSR count). The molecule has 28 heavy (non-hydrogen) atoms. The lowest BCUT2D eigenvalue weighted by Crippen LogP contribution is -2.39. The maximum Gasteiger partial charge on any atom is 0.227 e. The number of halogens is 1. The number of furan rings is 1. The van der Waals surface area contributed by atoms with Crippen molar-refractivity contribution in [1.29, 1.82) is 0 Å². The zero-order valence-electron chi connectivity index (χ0n) is 15.6. The Kier molecular flexibility index (Phi) is 5.69. The Labute approximate surface area is 169 Å². The third-order valence-corrected chi connectivity index (χ3v) is 5.77. The van der Waals surface area contributed by atoms with Crippen LogP contribution in [-0.4, -0.2) is 42.9 Å². The van der Waals surface area contributed by atoms with Crippen LogP contribution in [0.3, 0.4) is 0 Å². The lowest BCUT2D eigenvalue weighted by atomic mass is 10.1. The average molecular weight is 402 g/mol. The van der Waals surface area contributed by atoms with Crippen LogP contribution >= 0.6 is 11.6 Å². The zero-order chi connectivity index (χ0) is 19.5. The second-order valence-corrected chi connectivity index (χ2v) is 7.84. The Balaban J connectivity index is 1.38. The molecule has 1 aromatic carbocycles. The van der Waals surface area contributed by atoms with E-state index in [0.717, 1.165) is 37.4 Å². The molecule has 0 spiro atoms. The molecule has 2 atom stereocenters. The number of carbonyl (C=O) groups excluding carboxylic acids is 2. The number of nitrogens with zero attached hydrogens (tertiary/aromatic N) is 2. The summed E-state index contributed by atoms with van der Waals surface area (Å²) in [6.07, 6.45) is 4.21. The van der Waals surface area contributed by atoms with E-state index in [2.05, 4.69) is 10.2 Å². The van der Waals surface area contributed by atoms with Gasteiger partial charge in [0.05, 0.1) is 18.2 Å². The molecule has 2 fully saturated rings. The standard InChI is InChI=1S/C21H24ClN3O3/c22-16-5-3-6-17(12-16)25-14-15(11-20(25)26)21(27)23-13-18(19-7-4-10-28-19)24-8-1-2-9-24/h3-7,10,12,15,18H,1-2,8-9,11,13-14H2,(H,23,27). The number of likely N-dealkylation sites (tertiary alicyclic amines) is 1. The number of amides is 2. The number of benzene rings is 1. The van der Waals surface area contributed by atoms with Crippen LogP contribution in [0.15, 0.2) is 47.1 Å². The van der Waals surface area contributed by atoms with Gasteiger partial charge in [0, 0.05) is 30.2 Å². The summed E-state index contributed by atoms with van der Waals surface area (Å²) in [6, 6.07) is 11.0. The van der Waals surface area contributed by atoms with Crippen LogP contribution in [0.1, 0.15) is 31.1 Å². The number of rotatable bonds is 6. The minimum Gasteiger partial charge on any atom is -0.468 e. The van der Waals surface area contributed by atoms with Gasteiger partial charge in [-0.05, 0) is 56.3 Å². The highest BCUT2D eigenvalue weighted by Gasteiger charge is 2.36. The first-order valence-corrected chi connectivity index (χ1v) is 10.1. The maximum absolute atomic E-state index is 12.8. The topological polar surface area (TPSA) is 65.8 Å². The van der Waals surface area contributed by atoms with Crippen molar-refractivity contribution in [2.24, 2.45) is 5.92 Å². The maximum atomic E-state index is 12.8. The first-order chi connectivity index (χ1) is 13.6. The molecular weight excluding hydrogens is 378 g/mol. The number of nitrogens with one attached hydrogen (secondary N) is 1. The van der Waals surface area contributed by atoms with Crippen LogP contribution in [0, 0.1) is 5.92 Å². The summed E-state index contributed by atoms with van der Waals surface area (Å²) in [7, 11) is 0. The summed E-state index contributed by atoms with van der Waals surface area (Å²) in [4.78, 5) is 29.2. The summed E-state index contributed by atoms with van der Waals surface area (Å²) in [5, 5.41) is 3.62. The van der Waals surface area contributed by atoms with Crippen molar-refractivity contribution < 1.29 is 14.0 Å². The molecule has 2 aromatic rings. The van der Waals surface area contributed by atoms with E-state index < -0.39 is 0 Å². The highest BCUT2D eigenvalue weighted by Crippen LogP contribution is 2.28. The predicted molar refractivity (Wildman–Crippen MR) is 107 cm³/mol. The van der Waals surface area contributed by atoms with E-state index in [0.29, 0.717) is 18.1 Å². The molecule has 6 nitrogen and oxygen atoms in total. The van der Waals surface area contributed by atoms with Gasteiger partial charge in [-0.2, -0.15) is 0 Å². The molecule has 0 saturated carbocycles. The van der Waals surface area contributed by atoms with Crippen molar-refractivity contribution in [3.05, 3.63) is 53.4 Å². The molecule has 2 amide bonds. The fourth-order valence-corrected chi connectivity index (χ4v) is 4.25. The largest absolute Gasteiger partial charge is 0.468 e. The highest BCUT2D eigenvalue weighted by molar-refractivity contribution is 6.31. The molecule has 2 saturated heterocycles. The van der Waals surface area contributed by atoms with E-state index in [4.69, 9.17) is 16.0 Å². The average Bonchev–Trinajstić information content (AvgIpc) is 3.44. The number of anilines is 1. The van der Waals surface area contributed by atoms with Gasteiger partial charge in [-0.15, -0.1) is 0 Å². The van der Waals surface area contributed by atoms with E-state index in [1.807, 2.05) is 24.3 Å².